The Morgan fingerprint density at radius 3 is 1.21 bits per heavy atom. The van der Waals surface area contributed by atoms with Gasteiger partial charge >= 0.3 is 0 Å². The molecule has 8 rings (SSSR count). The lowest BCUT2D eigenvalue weighted by molar-refractivity contribution is -0.133. The number of carbonyl (C=O) groups excluding carboxylic acids is 4. The van der Waals surface area contributed by atoms with Gasteiger partial charge in [-0.2, -0.15) is 0 Å². The second kappa shape index (κ2) is 21.5. The smallest absolute Gasteiger partial charge is 0.225 e. The van der Waals surface area contributed by atoms with Crippen molar-refractivity contribution in [1.82, 2.24) is 20.4 Å². The van der Waals surface area contributed by atoms with E-state index in [0.29, 0.717) is 38.9 Å². The first-order valence-electron chi connectivity index (χ1n) is 24.1. The van der Waals surface area contributed by atoms with Gasteiger partial charge in [0, 0.05) is 56.4 Å². The van der Waals surface area contributed by atoms with Crippen molar-refractivity contribution in [3.63, 3.8) is 0 Å². The maximum Gasteiger partial charge on any atom is 0.225 e. The van der Waals surface area contributed by atoms with Crippen LogP contribution in [0.5, 0.6) is 0 Å². The predicted octanol–water partition coefficient (Wildman–Crippen LogP) is 10.0. The second-order valence-electron chi connectivity index (χ2n) is 20.1. The quantitative estimate of drug-likeness (QED) is 0.141. The highest BCUT2D eigenvalue weighted by atomic mass is 16.3. The molecule has 0 spiro atoms. The zero-order chi connectivity index (χ0) is 47.7. The number of hydrogen-bond donors (Lipinski definition) is 3. The van der Waals surface area contributed by atoms with E-state index in [9.17, 15) is 24.3 Å². The van der Waals surface area contributed by atoms with Crippen molar-refractivity contribution in [2.24, 2.45) is 10.8 Å². The minimum Gasteiger partial charge on any atom is -0.394 e. The molecule has 1 atom stereocenters. The van der Waals surface area contributed by atoms with Crippen molar-refractivity contribution in [2.75, 3.05) is 39.3 Å². The van der Waals surface area contributed by atoms with Crippen molar-refractivity contribution < 1.29 is 24.3 Å². The van der Waals surface area contributed by atoms with Gasteiger partial charge in [-0.05, 0) is 87.8 Å². The van der Waals surface area contributed by atoms with Crippen LogP contribution in [0.15, 0.2) is 108 Å². The molecule has 2 fully saturated rings. The van der Waals surface area contributed by atoms with Crippen molar-refractivity contribution in [1.29, 1.82) is 0 Å². The van der Waals surface area contributed by atoms with E-state index in [1.165, 1.54) is 66.8 Å². The predicted molar refractivity (Wildman–Crippen MR) is 272 cm³/mol. The minimum absolute atomic E-state index is 0.0183. The zero-order valence-corrected chi connectivity index (χ0v) is 40.3. The van der Waals surface area contributed by atoms with E-state index in [4.69, 9.17) is 0 Å². The number of likely N-dealkylation sites (tertiary alicyclic amines) is 2. The van der Waals surface area contributed by atoms with Gasteiger partial charge in [0.05, 0.1) is 12.6 Å². The van der Waals surface area contributed by atoms with Gasteiger partial charge < -0.3 is 25.5 Å². The average molecular weight is 901 g/mol. The van der Waals surface area contributed by atoms with Crippen molar-refractivity contribution in [3.8, 4) is 0 Å². The number of rotatable bonds is 8. The van der Waals surface area contributed by atoms with Crippen LogP contribution in [-0.2, 0) is 19.2 Å². The molecule has 2 aliphatic heterocycles. The Bertz CT molecular complexity index is 2480. The first-order valence-corrected chi connectivity index (χ1v) is 24.1. The molecule has 9 heteroatoms. The topological polar surface area (TPSA) is 119 Å². The third-order valence-corrected chi connectivity index (χ3v) is 13.2. The number of carbonyl (C=O) groups is 4. The van der Waals surface area contributed by atoms with E-state index in [1.54, 1.807) is 0 Å². The van der Waals surface area contributed by atoms with E-state index in [-0.39, 0.29) is 30.2 Å². The van der Waals surface area contributed by atoms with Crippen LogP contribution in [0.4, 0.5) is 0 Å². The van der Waals surface area contributed by atoms with Gasteiger partial charge in [0.15, 0.2) is 0 Å². The van der Waals surface area contributed by atoms with Crippen LogP contribution in [-0.4, -0.2) is 83.9 Å². The minimum atomic E-state index is -0.529. The fourth-order valence-corrected chi connectivity index (χ4v) is 9.22. The molecule has 3 N–H and O–H groups in total. The summed E-state index contributed by atoms with van der Waals surface area (Å²) >= 11 is 0. The Morgan fingerprint density at radius 1 is 0.522 bits per heavy atom. The molecule has 67 heavy (non-hydrogen) atoms. The molecule has 4 aromatic rings. The number of amides is 4. The monoisotopic (exact) mass is 901 g/mol. The van der Waals surface area contributed by atoms with Crippen molar-refractivity contribution >= 4 is 59.1 Å². The van der Waals surface area contributed by atoms with Gasteiger partial charge in [0.25, 0.3) is 0 Å². The second-order valence-corrected chi connectivity index (χ2v) is 20.1. The summed E-state index contributed by atoms with van der Waals surface area (Å²) in [6.07, 6.45) is 13.3. The van der Waals surface area contributed by atoms with E-state index in [0.717, 1.165) is 38.8 Å². The number of aliphatic hydroxyl groups is 1. The summed E-state index contributed by atoms with van der Waals surface area (Å²) in [7, 11) is 0. The molecule has 4 amide bonds. The molecule has 4 aromatic carbocycles. The first kappa shape index (κ1) is 48.6. The van der Waals surface area contributed by atoms with Gasteiger partial charge in [-0.3, -0.25) is 19.2 Å². The maximum absolute atomic E-state index is 12.9. The fraction of sp³-hybridized carbons (Fsp3) is 0.379. The van der Waals surface area contributed by atoms with Crippen LogP contribution in [0.1, 0.15) is 131 Å². The molecule has 0 radical (unpaired) electrons. The van der Waals surface area contributed by atoms with E-state index in [1.807, 2.05) is 51.3 Å². The van der Waals surface area contributed by atoms with Crippen LogP contribution in [0, 0.1) is 10.8 Å². The van der Waals surface area contributed by atoms with Gasteiger partial charge in [0.1, 0.15) is 0 Å². The van der Waals surface area contributed by atoms with Crippen LogP contribution < -0.4 is 10.6 Å². The maximum atomic E-state index is 12.9. The number of benzene rings is 4. The largest absolute Gasteiger partial charge is 0.394 e. The number of aliphatic hydroxyl groups excluding tert-OH is 1. The SMILES string of the molecule is CC(C)(C)C(=O)NCCC(=O)N1CCC(=C2c3ccccc3C=Cc3ccccc32)CC1.CC(C)(C)C(=O)N[C@H](CO)CCC(=O)N1CCC(=C2c3ccccc3C=Cc3ccccc32)CC1. The molecule has 2 aliphatic carbocycles. The van der Waals surface area contributed by atoms with Gasteiger partial charge in [-0.15, -0.1) is 0 Å². The van der Waals surface area contributed by atoms with Crippen LogP contribution in [0.25, 0.3) is 35.5 Å². The lowest BCUT2D eigenvalue weighted by Gasteiger charge is -2.31. The van der Waals surface area contributed by atoms with E-state index < -0.39 is 16.9 Å². The summed E-state index contributed by atoms with van der Waals surface area (Å²) in [5.41, 5.74) is 14.4. The van der Waals surface area contributed by atoms with Crippen LogP contribution in [0.3, 0.4) is 0 Å². The van der Waals surface area contributed by atoms with Crippen molar-refractivity contribution in [3.05, 3.63) is 153 Å². The molecule has 0 unspecified atom stereocenters. The lowest BCUT2D eigenvalue weighted by Crippen LogP contribution is -2.44. The molecular weight excluding hydrogens is 833 g/mol. The highest BCUT2D eigenvalue weighted by Gasteiger charge is 2.29. The third-order valence-electron chi connectivity index (χ3n) is 13.2. The normalized spacial score (nSPS) is 16.0. The summed E-state index contributed by atoms with van der Waals surface area (Å²) in [6.45, 7) is 14.2. The number of fused-ring (bicyclic) bond motifs is 4. The average Bonchev–Trinajstić information content (AvgIpc) is 3.60. The summed E-state index contributed by atoms with van der Waals surface area (Å²) in [6, 6.07) is 33.8. The summed E-state index contributed by atoms with van der Waals surface area (Å²) < 4.78 is 0. The molecule has 0 bridgehead atoms. The van der Waals surface area contributed by atoms with Gasteiger partial charge in [0.2, 0.25) is 23.6 Å². The fourth-order valence-electron chi connectivity index (χ4n) is 9.22. The number of nitrogens with zero attached hydrogens (tertiary/aromatic N) is 2. The standard InChI is InChI=1S/C30H36N2O3.C28H32N2O2/c1-30(2,3)29(35)31-24(20-33)14-15-27(34)32-18-16-23(17-19-32)28-25-10-6-4-8-21(25)12-13-22-9-5-7-11-26(22)28;1-28(2,3)27(32)29-17-14-25(31)30-18-15-22(16-19-30)26-23-10-6-4-8-20(23)12-13-21-9-5-7-11-24(21)26/h4-13,24,33H,14-20H2,1-3H3,(H,31,35);4-13H,14-19H2,1-3H3,(H,29,32)/t24-;/m0./s1. The van der Waals surface area contributed by atoms with Crippen molar-refractivity contribution in [2.45, 2.75) is 92.5 Å². The number of nitrogens with one attached hydrogen (secondary N) is 2. The third kappa shape index (κ3) is 12.0. The van der Waals surface area contributed by atoms with Gasteiger partial charge in [-0.25, -0.2) is 0 Å². The Labute approximate surface area is 397 Å². The van der Waals surface area contributed by atoms with E-state index >= 15 is 0 Å². The Balaban J connectivity index is 0.000000200. The highest BCUT2D eigenvalue weighted by Crippen LogP contribution is 2.40. The Hall–Kier alpha value is -6.32. The molecule has 0 aromatic heterocycles. The van der Waals surface area contributed by atoms with E-state index in [2.05, 4.69) is 132 Å². The molecular formula is C58H68N4O5. The molecule has 350 valence electrons. The van der Waals surface area contributed by atoms with Crippen LogP contribution >= 0.6 is 0 Å². The van der Waals surface area contributed by atoms with Gasteiger partial charge in [-0.1, -0.05) is 174 Å². The molecule has 2 heterocycles. The summed E-state index contributed by atoms with van der Waals surface area (Å²) in [5, 5.41) is 15.4. The first-order chi connectivity index (χ1) is 32.1. The summed E-state index contributed by atoms with van der Waals surface area (Å²) in [4.78, 5) is 53.8. The molecule has 9 nitrogen and oxygen atoms in total. The zero-order valence-electron chi connectivity index (χ0n) is 40.3. The Morgan fingerprint density at radius 2 is 0.866 bits per heavy atom. The molecule has 4 aliphatic rings. The number of piperidine rings is 2. The summed E-state index contributed by atoms with van der Waals surface area (Å²) in [5.74, 6) is 0.0689. The lowest BCUT2D eigenvalue weighted by atomic mass is 9.86. The number of hydrogen-bond acceptors (Lipinski definition) is 5. The van der Waals surface area contributed by atoms with Crippen LogP contribution in [0.2, 0.25) is 0 Å². The highest BCUT2D eigenvalue weighted by molar-refractivity contribution is 5.96. The molecule has 2 saturated heterocycles. The molecule has 0 saturated carbocycles. The Kier molecular flexibility index (Phi) is 15.6.